The van der Waals surface area contributed by atoms with Gasteiger partial charge in [0.05, 0.1) is 13.2 Å². The van der Waals surface area contributed by atoms with Crippen LogP contribution in [-0.4, -0.2) is 37.9 Å². The molecule has 0 fully saturated rings. The molecule has 0 radical (unpaired) electrons. The summed E-state index contributed by atoms with van der Waals surface area (Å²) in [6.07, 6.45) is 0. The van der Waals surface area contributed by atoms with Crippen LogP contribution in [0.5, 0.6) is 0 Å². The monoisotopic (exact) mass is 266 g/mol. The molecule has 0 aliphatic heterocycles. The van der Waals surface area contributed by atoms with Crippen molar-refractivity contribution in [3.63, 3.8) is 0 Å². The van der Waals surface area contributed by atoms with Gasteiger partial charge in [0.1, 0.15) is 0 Å². The Labute approximate surface area is 101 Å². The van der Waals surface area contributed by atoms with Crippen LogP contribution in [0.2, 0.25) is 0 Å². The van der Waals surface area contributed by atoms with Gasteiger partial charge in [0.2, 0.25) is 5.91 Å². The average Bonchev–Trinajstić information content (AvgIpc) is 2.24. The molecular formula is C9H19N2O5P. The highest BCUT2D eigenvalue weighted by molar-refractivity contribution is 7.71. The van der Waals surface area contributed by atoms with Gasteiger partial charge in [-0.2, -0.15) is 0 Å². The Morgan fingerprint density at radius 2 is 1.53 bits per heavy atom. The van der Waals surface area contributed by atoms with Gasteiger partial charge >= 0.3 is 13.2 Å². The van der Waals surface area contributed by atoms with E-state index >= 15 is 0 Å². The lowest BCUT2D eigenvalue weighted by Gasteiger charge is -2.16. The fourth-order valence-corrected chi connectivity index (χ4v) is 2.29. The molecule has 0 rings (SSSR count). The van der Waals surface area contributed by atoms with Gasteiger partial charge in [-0.1, -0.05) is 0 Å². The number of carbonyl (C=O) groups is 2. The van der Waals surface area contributed by atoms with Gasteiger partial charge in [-0.25, -0.2) is 4.57 Å². The van der Waals surface area contributed by atoms with E-state index in [4.69, 9.17) is 9.05 Å². The van der Waals surface area contributed by atoms with Crippen molar-refractivity contribution in [2.24, 2.45) is 0 Å². The maximum atomic E-state index is 11.9. The lowest BCUT2D eigenvalue weighted by molar-refractivity contribution is -0.118. The topological polar surface area (TPSA) is 93.7 Å². The first-order valence-electron chi connectivity index (χ1n) is 5.38. The third-order valence-electron chi connectivity index (χ3n) is 1.62. The molecule has 0 aliphatic rings. The highest BCUT2D eigenvalue weighted by atomic mass is 31.2. The summed E-state index contributed by atoms with van der Waals surface area (Å²) in [7, 11) is -3.74. The smallest absolute Gasteiger partial charge is 0.355 e. The van der Waals surface area contributed by atoms with Gasteiger partial charge in [-0.3, -0.25) is 9.59 Å². The quantitative estimate of drug-likeness (QED) is 0.507. The van der Waals surface area contributed by atoms with Crippen LogP contribution < -0.4 is 10.6 Å². The normalized spacial score (nSPS) is 11.0. The molecule has 0 bridgehead atoms. The molecule has 7 nitrogen and oxygen atoms in total. The van der Waals surface area contributed by atoms with Crippen LogP contribution in [0.3, 0.4) is 0 Å². The summed E-state index contributed by atoms with van der Waals surface area (Å²) in [5.41, 5.74) is -0.786. The molecule has 0 atom stereocenters. The zero-order chi connectivity index (χ0) is 13.3. The fourth-order valence-electron chi connectivity index (χ4n) is 0.999. The average molecular weight is 266 g/mol. The minimum absolute atomic E-state index is 0.121. The van der Waals surface area contributed by atoms with Crippen LogP contribution >= 0.6 is 7.60 Å². The fraction of sp³-hybridized carbons (Fsp3) is 0.778. The van der Waals surface area contributed by atoms with E-state index in [9.17, 15) is 14.2 Å². The first-order chi connectivity index (χ1) is 7.96. The van der Waals surface area contributed by atoms with Crippen molar-refractivity contribution in [1.29, 1.82) is 0 Å². The van der Waals surface area contributed by atoms with E-state index in [0.717, 1.165) is 0 Å². The Morgan fingerprint density at radius 3 is 1.94 bits per heavy atom. The van der Waals surface area contributed by atoms with Crippen LogP contribution in [0.15, 0.2) is 0 Å². The molecule has 0 unspecified atom stereocenters. The van der Waals surface area contributed by atoms with E-state index in [2.05, 4.69) is 10.6 Å². The highest BCUT2D eigenvalue weighted by Crippen LogP contribution is 2.48. The summed E-state index contributed by atoms with van der Waals surface area (Å²) in [4.78, 5) is 22.1. The number of carbonyl (C=O) groups excluding carboxylic acids is 2. The first-order valence-corrected chi connectivity index (χ1v) is 6.92. The second-order valence-corrected chi connectivity index (χ2v) is 4.97. The van der Waals surface area contributed by atoms with Crippen molar-refractivity contribution in [2.75, 3.05) is 26.3 Å². The van der Waals surface area contributed by atoms with Gasteiger partial charge < -0.3 is 19.7 Å². The SMILES string of the molecule is CCOP(=O)(OCC)C(=O)NCCNC(C)=O. The van der Waals surface area contributed by atoms with Crippen molar-refractivity contribution in [1.82, 2.24) is 10.6 Å². The predicted octanol–water partition coefficient (Wildman–Crippen LogP) is 1.10. The predicted molar refractivity (Wildman–Crippen MR) is 62.9 cm³/mol. The molecule has 2 amide bonds. The second-order valence-electron chi connectivity index (χ2n) is 3.05. The molecule has 8 heteroatoms. The van der Waals surface area contributed by atoms with Gasteiger partial charge in [-0.15, -0.1) is 0 Å². The van der Waals surface area contributed by atoms with Crippen molar-refractivity contribution in [2.45, 2.75) is 20.8 Å². The van der Waals surface area contributed by atoms with E-state index in [-0.39, 0.29) is 32.2 Å². The molecule has 100 valence electrons. The molecule has 17 heavy (non-hydrogen) atoms. The number of hydrogen-bond acceptors (Lipinski definition) is 5. The summed E-state index contributed by atoms with van der Waals surface area (Å²) >= 11 is 0. The first kappa shape index (κ1) is 16.1. The Kier molecular flexibility index (Phi) is 7.78. The summed E-state index contributed by atoms with van der Waals surface area (Å²) < 4.78 is 21.6. The molecule has 0 spiro atoms. The Hall–Kier alpha value is -0.910. The summed E-state index contributed by atoms with van der Waals surface area (Å²) in [5, 5.41) is 4.87. The summed E-state index contributed by atoms with van der Waals surface area (Å²) in [6.45, 7) is 5.29. The molecule has 0 aromatic carbocycles. The summed E-state index contributed by atoms with van der Waals surface area (Å²) in [5.74, 6) is -0.197. The van der Waals surface area contributed by atoms with E-state index in [1.807, 2.05) is 0 Å². The Balaban J connectivity index is 4.15. The van der Waals surface area contributed by atoms with Crippen LogP contribution in [0.4, 0.5) is 4.79 Å². The van der Waals surface area contributed by atoms with E-state index in [1.54, 1.807) is 13.8 Å². The zero-order valence-electron chi connectivity index (χ0n) is 10.3. The van der Waals surface area contributed by atoms with Crippen molar-refractivity contribution < 1.29 is 23.2 Å². The third-order valence-corrected chi connectivity index (χ3v) is 3.47. The Bertz CT molecular complexity index is 298. The molecule has 0 aliphatic carbocycles. The maximum absolute atomic E-state index is 11.9. The standard InChI is InChI=1S/C9H19N2O5P/c1-4-15-17(14,16-5-2)9(13)11-7-6-10-8(3)12/h4-7H2,1-3H3,(H,10,12)(H,11,13). The van der Waals surface area contributed by atoms with Crippen molar-refractivity contribution in [3.05, 3.63) is 0 Å². The zero-order valence-corrected chi connectivity index (χ0v) is 11.2. The van der Waals surface area contributed by atoms with E-state index in [0.29, 0.717) is 0 Å². The van der Waals surface area contributed by atoms with Gasteiger partial charge in [-0.05, 0) is 13.8 Å². The molecule has 2 N–H and O–H groups in total. The van der Waals surface area contributed by atoms with E-state index in [1.165, 1.54) is 6.92 Å². The van der Waals surface area contributed by atoms with Crippen LogP contribution in [-0.2, 0) is 18.4 Å². The molecule has 0 heterocycles. The van der Waals surface area contributed by atoms with Gasteiger partial charge in [0.25, 0.3) is 0 Å². The minimum Gasteiger partial charge on any atom is -0.355 e. The Morgan fingerprint density at radius 1 is 1.06 bits per heavy atom. The lowest BCUT2D eigenvalue weighted by Crippen LogP contribution is -2.33. The molecule has 0 saturated carbocycles. The number of hydrogen-bond donors (Lipinski definition) is 2. The van der Waals surface area contributed by atoms with Crippen LogP contribution in [0, 0.1) is 0 Å². The summed E-state index contributed by atoms with van der Waals surface area (Å²) in [6, 6.07) is 0. The lowest BCUT2D eigenvalue weighted by atomic mass is 10.6. The van der Waals surface area contributed by atoms with E-state index < -0.39 is 13.2 Å². The molecule has 0 aromatic heterocycles. The van der Waals surface area contributed by atoms with Crippen molar-refractivity contribution in [3.8, 4) is 0 Å². The number of amides is 2. The van der Waals surface area contributed by atoms with Crippen LogP contribution in [0.25, 0.3) is 0 Å². The minimum atomic E-state index is -3.74. The van der Waals surface area contributed by atoms with Gasteiger partial charge in [0, 0.05) is 20.0 Å². The number of rotatable bonds is 8. The van der Waals surface area contributed by atoms with Gasteiger partial charge in [0.15, 0.2) is 0 Å². The third kappa shape index (κ3) is 6.41. The molecule has 0 aromatic rings. The highest BCUT2D eigenvalue weighted by Gasteiger charge is 2.33. The maximum Gasteiger partial charge on any atom is 0.418 e. The van der Waals surface area contributed by atoms with Crippen molar-refractivity contribution >= 4 is 19.2 Å². The molecular weight excluding hydrogens is 247 g/mol. The largest absolute Gasteiger partial charge is 0.418 e. The second kappa shape index (κ2) is 8.22. The molecule has 0 saturated heterocycles. The number of nitrogens with one attached hydrogen (secondary N) is 2. The van der Waals surface area contributed by atoms with Crippen LogP contribution in [0.1, 0.15) is 20.8 Å².